The minimum Gasteiger partial charge on any atom is -0.345 e. The number of aromatic nitrogens is 4. The number of rotatable bonds is 3. The van der Waals surface area contributed by atoms with E-state index < -0.39 is 0 Å². The minimum atomic E-state index is -0.176. The van der Waals surface area contributed by atoms with Crippen LogP contribution in [0, 0.1) is 0 Å². The molecule has 0 bridgehead atoms. The molecule has 1 aliphatic carbocycles. The molecule has 2 aromatic carbocycles. The fraction of sp³-hybridized carbons (Fsp3) is 0.222. The first kappa shape index (κ1) is 17.0. The molecule has 1 amide bonds. The van der Waals surface area contributed by atoms with Gasteiger partial charge in [-0.15, -0.1) is 10.2 Å². The number of hydrogen-bond donors (Lipinski definition) is 2. The highest BCUT2D eigenvalue weighted by Crippen LogP contribution is 2.32. The molecule has 4 rings (SSSR count). The summed E-state index contributed by atoms with van der Waals surface area (Å²) in [5.74, 6) is 0.210. The number of amides is 1. The van der Waals surface area contributed by atoms with Crippen molar-refractivity contribution in [2.45, 2.75) is 25.3 Å². The second-order valence-electron chi connectivity index (χ2n) is 6.19. The molecule has 0 radical (unpaired) electrons. The SMILES string of the molecule is O=C(N[C@H]1CCCc2ccc(Cl)cc21)c1ccc(-c2nn[nH]n2)c(Cl)c1. The van der Waals surface area contributed by atoms with Crippen molar-refractivity contribution >= 4 is 29.1 Å². The standard InChI is InChI=1S/C18H15Cl2N5O/c19-12-6-4-10-2-1-3-16(14(10)9-12)21-18(26)11-5-7-13(15(20)8-11)17-22-24-25-23-17/h4-9,16H,1-3H2,(H,21,26)(H,22,23,24,25)/t16-/m0/s1. The Hall–Kier alpha value is -2.44. The Morgan fingerprint density at radius 2 is 2.08 bits per heavy atom. The van der Waals surface area contributed by atoms with Gasteiger partial charge in [0.15, 0.2) is 0 Å². The van der Waals surface area contributed by atoms with Gasteiger partial charge in [0.25, 0.3) is 5.91 Å². The number of carbonyl (C=O) groups is 1. The highest BCUT2D eigenvalue weighted by atomic mass is 35.5. The maximum absolute atomic E-state index is 12.7. The van der Waals surface area contributed by atoms with Crippen LogP contribution < -0.4 is 5.32 Å². The summed E-state index contributed by atoms with van der Waals surface area (Å²) in [6, 6.07) is 10.8. The molecule has 0 saturated carbocycles. The molecule has 1 atom stereocenters. The zero-order valence-corrected chi connectivity index (χ0v) is 15.2. The zero-order valence-electron chi connectivity index (χ0n) is 13.7. The van der Waals surface area contributed by atoms with Crippen LogP contribution >= 0.6 is 23.2 Å². The molecule has 8 heteroatoms. The Morgan fingerprint density at radius 3 is 2.85 bits per heavy atom. The average molecular weight is 388 g/mol. The first-order valence-electron chi connectivity index (χ1n) is 8.24. The lowest BCUT2D eigenvalue weighted by atomic mass is 9.87. The van der Waals surface area contributed by atoms with Crippen LogP contribution in [0.2, 0.25) is 10.0 Å². The molecule has 26 heavy (non-hydrogen) atoms. The normalized spacial score (nSPS) is 16.2. The summed E-state index contributed by atoms with van der Waals surface area (Å²) >= 11 is 12.4. The molecule has 0 spiro atoms. The van der Waals surface area contributed by atoms with E-state index in [9.17, 15) is 4.79 Å². The van der Waals surface area contributed by atoms with E-state index in [1.165, 1.54) is 5.56 Å². The van der Waals surface area contributed by atoms with Crippen molar-refractivity contribution in [1.29, 1.82) is 0 Å². The second kappa shape index (κ2) is 7.05. The van der Waals surface area contributed by atoms with Gasteiger partial charge in [-0.25, -0.2) is 0 Å². The maximum Gasteiger partial charge on any atom is 0.251 e. The average Bonchev–Trinajstić information content (AvgIpc) is 3.16. The van der Waals surface area contributed by atoms with E-state index in [1.54, 1.807) is 18.2 Å². The third-order valence-corrected chi connectivity index (χ3v) is 5.09. The predicted molar refractivity (Wildman–Crippen MR) is 99.2 cm³/mol. The van der Waals surface area contributed by atoms with Gasteiger partial charge in [-0.3, -0.25) is 4.79 Å². The van der Waals surface area contributed by atoms with Crippen LogP contribution in [0.25, 0.3) is 11.4 Å². The first-order valence-corrected chi connectivity index (χ1v) is 9.00. The van der Waals surface area contributed by atoms with Crippen LogP contribution in [0.5, 0.6) is 0 Å². The molecule has 0 aliphatic heterocycles. The van der Waals surface area contributed by atoms with E-state index in [0.717, 1.165) is 24.8 Å². The highest BCUT2D eigenvalue weighted by molar-refractivity contribution is 6.33. The first-order chi connectivity index (χ1) is 12.6. The second-order valence-corrected chi connectivity index (χ2v) is 7.04. The third kappa shape index (κ3) is 3.30. The fourth-order valence-corrected chi connectivity index (χ4v) is 3.72. The Labute approximate surface area is 159 Å². The number of hydrogen-bond acceptors (Lipinski definition) is 4. The largest absolute Gasteiger partial charge is 0.345 e. The molecule has 3 aromatic rings. The van der Waals surface area contributed by atoms with Gasteiger partial charge in [0.2, 0.25) is 5.82 Å². The van der Waals surface area contributed by atoms with E-state index in [4.69, 9.17) is 23.2 Å². The van der Waals surface area contributed by atoms with Crippen LogP contribution in [-0.4, -0.2) is 26.5 Å². The third-order valence-electron chi connectivity index (χ3n) is 4.55. The van der Waals surface area contributed by atoms with E-state index in [2.05, 4.69) is 25.9 Å². The minimum absolute atomic E-state index is 0.0550. The van der Waals surface area contributed by atoms with Gasteiger partial charge in [0.1, 0.15) is 0 Å². The molecule has 132 valence electrons. The number of H-pyrrole nitrogens is 1. The number of halogens is 2. The lowest BCUT2D eigenvalue weighted by Gasteiger charge is -2.26. The summed E-state index contributed by atoms with van der Waals surface area (Å²) in [6.45, 7) is 0. The number of benzene rings is 2. The number of aromatic amines is 1. The number of nitrogens with one attached hydrogen (secondary N) is 2. The van der Waals surface area contributed by atoms with Crippen molar-refractivity contribution in [2.75, 3.05) is 0 Å². The van der Waals surface area contributed by atoms with Crippen LogP contribution in [0.3, 0.4) is 0 Å². The molecule has 6 nitrogen and oxygen atoms in total. The summed E-state index contributed by atoms with van der Waals surface area (Å²) in [4.78, 5) is 12.7. The van der Waals surface area contributed by atoms with Gasteiger partial charge < -0.3 is 5.32 Å². The number of nitrogens with zero attached hydrogens (tertiary/aromatic N) is 3. The molecule has 1 aromatic heterocycles. The molecular weight excluding hydrogens is 373 g/mol. The topological polar surface area (TPSA) is 83.6 Å². The van der Waals surface area contributed by atoms with Crippen molar-refractivity contribution in [2.24, 2.45) is 0 Å². The van der Waals surface area contributed by atoms with Gasteiger partial charge in [0, 0.05) is 16.1 Å². The van der Waals surface area contributed by atoms with Gasteiger partial charge in [0.05, 0.1) is 11.1 Å². The van der Waals surface area contributed by atoms with Crippen molar-refractivity contribution in [1.82, 2.24) is 25.9 Å². The van der Waals surface area contributed by atoms with Crippen LogP contribution in [-0.2, 0) is 6.42 Å². The van der Waals surface area contributed by atoms with E-state index >= 15 is 0 Å². The molecule has 0 unspecified atom stereocenters. The van der Waals surface area contributed by atoms with E-state index in [0.29, 0.717) is 27.0 Å². The molecule has 2 N–H and O–H groups in total. The lowest BCUT2D eigenvalue weighted by Crippen LogP contribution is -2.31. The Bertz CT molecular complexity index is 958. The lowest BCUT2D eigenvalue weighted by molar-refractivity contribution is 0.0933. The van der Waals surface area contributed by atoms with Gasteiger partial charge >= 0.3 is 0 Å². The Morgan fingerprint density at radius 1 is 1.19 bits per heavy atom. The monoisotopic (exact) mass is 387 g/mol. The molecule has 0 fully saturated rings. The van der Waals surface area contributed by atoms with E-state index in [1.807, 2.05) is 18.2 Å². The highest BCUT2D eigenvalue weighted by Gasteiger charge is 2.23. The number of tetrazole rings is 1. The van der Waals surface area contributed by atoms with Crippen molar-refractivity contribution in [3.05, 3.63) is 63.1 Å². The summed E-state index contributed by atoms with van der Waals surface area (Å²) in [5, 5.41) is 17.9. The quantitative estimate of drug-likeness (QED) is 0.711. The van der Waals surface area contributed by atoms with Crippen molar-refractivity contribution in [3.63, 3.8) is 0 Å². The summed E-state index contributed by atoms with van der Waals surface area (Å²) in [7, 11) is 0. The molecular formula is C18H15Cl2N5O. The summed E-state index contributed by atoms with van der Waals surface area (Å²) in [5.41, 5.74) is 3.42. The fourth-order valence-electron chi connectivity index (χ4n) is 3.28. The van der Waals surface area contributed by atoms with Gasteiger partial charge in [-0.2, -0.15) is 5.21 Å². The number of aryl methyl sites for hydroxylation is 1. The molecule has 1 aliphatic rings. The summed E-state index contributed by atoms with van der Waals surface area (Å²) in [6.07, 6.45) is 2.91. The smallest absolute Gasteiger partial charge is 0.251 e. The molecule has 0 saturated heterocycles. The van der Waals surface area contributed by atoms with Crippen LogP contribution in [0.1, 0.15) is 40.4 Å². The Kier molecular flexibility index (Phi) is 4.61. The van der Waals surface area contributed by atoms with Crippen LogP contribution in [0.15, 0.2) is 36.4 Å². The summed E-state index contributed by atoms with van der Waals surface area (Å²) < 4.78 is 0. The van der Waals surface area contributed by atoms with Gasteiger partial charge in [-0.05, 0) is 65.9 Å². The zero-order chi connectivity index (χ0) is 18.1. The predicted octanol–water partition coefficient (Wildman–Crippen LogP) is 3.98. The number of carbonyl (C=O) groups excluding carboxylic acids is 1. The van der Waals surface area contributed by atoms with Crippen LogP contribution in [0.4, 0.5) is 0 Å². The van der Waals surface area contributed by atoms with Gasteiger partial charge in [-0.1, -0.05) is 29.3 Å². The van der Waals surface area contributed by atoms with E-state index in [-0.39, 0.29) is 11.9 Å². The molecule has 1 heterocycles. The number of fused-ring (bicyclic) bond motifs is 1. The Balaban J connectivity index is 1.56. The maximum atomic E-state index is 12.7. The van der Waals surface area contributed by atoms with Crippen molar-refractivity contribution < 1.29 is 4.79 Å². The van der Waals surface area contributed by atoms with Crippen molar-refractivity contribution in [3.8, 4) is 11.4 Å².